The van der Waals surface area contributed by atoms with Gasteiger partial charge >= 0.3 is 0 Å². The molecule has 0 saturated carbocycles. The van der Waals surface area contributed by atoms with Crippen LogP contribution in [-0.2, 0) is 4.79 Å². The fourth-order valence-electron chi connectivity index (χ4n) is 3.90. The van der Waals surface area contributed by atoms with Crippen molar-refractivity contribution in [3.05, 3.63) is 71.8 Å². The van der Waals surface area contributed by atoms with Gasteiger partial charge in [-0.3, -0.25) is 9.59 Å². The van der Waals surface area contributed by atoms with Crippen molar-refractivity contribution in [1.82, 2.24) is 10.2 Å². The van der Waals surface area contributed by atoms with Crippen LogP contribution in [0.1, 0.15) is 48.0 Å². The van der Waals surface area contributed by atoms with E-state index in [-0.39, 0.29) is 24.4 Å². The molecule has 1 N–H and O–H groups in total. The van der Waals surface area contributed by atoms with E-state index in [1.165, 1.54) is 5.56 Å². The number of hydrogen-bond donors (Lipinski definition) is 1. The lowest BCUT2D eigenvalue weighted by Crippen LogP contribution is -2.44. The molecular weight excluding hydrogens is 324 g/mol. The van der Waals surface area contributed by atoms with E-state index in [2.05, 4.69) is 36.5 Å². The van der Waals surface area contributed by atoms with Gasteiger partial charge in [0.2, 0.25) is 5.91 Å². The minimum atomic E-state index is -0.204. The summed E-state index contributed by atoms with van der Waals surface area (Å²) in [6, 6.07) is 19.6. The molecule has 1 saturated heterocycles. The van der Waals surface area contributed by atoms with E-state index in [1.54, 1.807) is 12.1 Å². The summed E-state index contributed by atoms with van der Waals surface area (Å²) in [4.78, 5) is 26.9. The zero-order valence-corrected chi connectivity index (χ0v) is 15.2. The maximum Gasteiger partial charge on any atom is 0.251 e. The Hall–Kier alpha value is -2.62. The van der Waals surface area contributed by atoms with E-state index in [1.807, 2.05) is 29.2 Å². The Labute approximate surface area is 155 Å². The van der Waals surface area contributed by atoms with Gasteiger partial charge in [0.25, 0.3) is 5.91 Å². The van der Waals surface area contributed by atoms with Gasteiger partial charge in [-0.1, -0.05) is 55.5 Å². The molecule has 3 rings (SSSR count). The Kier molecular flexibility index (Phi) is 6.05. The smallest absolute Gasteiger partial charge is 0.251 e. The highest BCUT2D eigenvalue weighted by Gasteiger charge is 2.34. The number of hydrogen-bond acceptors (Lipinski definition) is 2. The van der Waals surface area contributed by atoms with Gasteiger partial charge in [-0.15, -0.1) is 0 Å². The SMILES string of the molecule is CC[C@H](c1ccccc1)[C@H]1CCCN1C(=O)CNC(=O)c1ccccc1. The summed E-state index contributed by atoms with van der Waals surface area (Å²) in [5.74, 6) is 0.142. The van der Waals surface area contributed by atoms with E-state index >= 15 is 0 Å². The Morgan fingerprint density at radius 2 is 1.73 bits per heavy atom. The summed E-state index contributed by atoms with van der Waals surface area (Å²) in [6.07, 6.45) is 3.03. The highest BCUT2D eigenvalue weighted by Crippen LogP contribution is 2.33. The van der Waals surface area contributed by atoms with Gasteiger partial charge in [0.05, 0.1) is 6.54 Å². The first-order valence-electron chi connectivity index (χ1n) is 9.38. The van der Waals surface area contributed by atoms with E-state index < -0.39 is 0 Å². The number of likely N-dealkylation sites (tertiary alicyclic amines) is 1. The minimum absolute atomic E-state index is 0.00571. The summed E-state index contributed by atoms with van der Waals surface area (Å²) < 4.78 is 0. The van der Waals surface area contributed by atoms with E-state index in [0.29, 0.717) is 11.5 Å². The maximum atomic E-state index is 12.8. The molecule has 4 nitrogen and oxygen atoms in total. The van der Waals surface area contributed by atoms with Crippen LogP contribution in [-0.4, -0.2) is 35.8 Å². The van der Waals surface area contributed by atoms with Gasteiger partial charge in [-0.05, 0) is 37.0 Å². The second-order valence-corrected chi connectivity index (χ2v) is 6.77. The van der Waals surface area contributed by atoms with Crippen molar-refractivity contribution in [2.45, 2.75) is 38.1 Å². The molecule has 1 heterocycles. The van der Waals surface area contributed by atoms with Crippen molar-refractivity contribution in [2.75, 3.05) is 13.1 Å². The largest absolute Gasteiger partial charge is 0.343 e. The fraction of sp³-hybridized carbons (Fsp3) is 0.364. The number of carbonyl (C=O) groups excluding carboxylic acids is 2. The third kappa shape index (κ3) is 4.13. The van der Waals surface area contributed by atoms with Crippen molar-refractivity contribution in [1.29, 1.82) is 0 Å². The highest BCUT2D eigenvalue weighted by molar-refractivity contribution is 5.96. The topological polar surface area (TPSA) is 49.4 Å². The lowest BCUT2D eigenvalue weighted by molar-refractivity contribution is -0.131. The number of amides is 2. The van der Waals surface area contributed by atoms with Crippen LogP contribution >= 0.6 is 0 Å². The molecule has 26 heavy (non-hydrogen) atoms. The van der Waals surface area contributed by atoms with Gasteiger partial charge in [0.1, 0.15) is 0 Å². The molecule has 0 spiro atoms. The minimum Gasteiger partial charge on any atom is -0.343 e. The molecule has 136 valence electrons. The van der Waals surface area contributed by atoms with Crippen molar-refractivity contribution < 1.29 is 9.59 Å². The lowest BCUT2D eigenvalue weighted by Gasteiger charge is -2.31. The number of rotatable bonds is 6. The first-order chi connectivity index (χ1) is 12.7. The van der Waals surface area contributed by atoms with Crippen LogP contribution < -0.4 is 5.32 Å². The zero-order valence-electron chi connectivity index (χ0n) is 15.2. The van der Waals surface area contributed by atoms with Crippen LogP contribution in [0.4, 0.5) is 0 Å². The number of benzene rings is 2. The summed E-state index contributed by atoms with van der Waals surface area (Å²) in [5, 5.41) is 2.76. The van der Waals surface area contributed by atoms with Crippen molar-refractivity contribution in [2.24, 2.45) is 0 Å². The molecule has 2 atom stereocenters. The molecule has 0 aromatic heterocycles. The number of nitrogens with one attached hydrogen (secondary N) is 1. The fourth-order valence-corrected chi connectivity index (χ4v) is 3.90. The lowest BCUT2D eigenvalue weighted by atomic mass is 9.87. The summed E-state index contributed by atoms with van der Waals surface area (Å²) in [7, 11) is 0. The van der Waals surface area contributed by atoms with Crippen molar-refractivity contribution in [3.8, 4) is 0 Å². The quantitative estimate of drug-likeness (QED) is 0.865. The molecular formula is C22H26N2O2. The predicted molar refractivity (Wildman–Crippen MR) is 103 cm³/mol. The molecule has 0 aliphatic carbocycles. The molecule has 2 amide bonds. The first-order valence-corrected chi connectivity index (χ1v) is 9.38. The molecule has 1 aliphatic rings. The number of carbonyl (C=O) groups is 2. The highest BCUT2D eigenvalue weighted by atomic mass is 16.2. The van der Waals surface area contributed by atoms with Crippen molar-refractivity contribution >= 4 is 11.8 Å². The van der Waals surface area contributed by atoms with Crippen LogP contribution in [0.3, 0.4) is 0 Å². The van der Waals surface area contributed by atoms with Crippen LogP contribution in [0.2, 0.25) is 0 Å². The third-order valence-electron chi connectivity index (χ3n) is 5.19. The van der Waals surface area contributed by atoms with E-state index in [4.69, 9.17) is 0 Å². The van der Waals surface area contributed by atoms with Crippen LogP contribution in [0, 0.1) is 0 Å². The number of nitrogens with zero attached hydrogens (tertiary/aromatic N) is 1. The summed E-state index contributed by atoms with van der Waals surface area (Å²) in [6.45, 7) is 3.00. The average molecular weight is 350 g/mol. The molecule has 2 aromatic rings. The van der Waals surface area contributed by atoms with Gasteiger partial charge in [-0.2, -0.15) is 0 Å². The summed E-state index contributed by atoms with van der Waals surface area (Å²) in [5.41, 5.74) is 1.86. The monoisotopic (exact) mass is 350 g/mol. The third-order valence-corrected chi connectivity index (χ3v) is 5.19. The van der Waals surface area contributed by atoms with Crippen molar-refractivity contribution in [3.63, 3.8) is 0 Å². The molecule has 0 unspecified atom stereocenters. The second-order valence-electron chi connectivity index (χ2n) is 6.77. The van der Waals surface area contributed by atoms with Crippen LogP contribution in [0.25, 0.3) is 0 Å². The molecule has 2 aromatic carbocycles. The molecule has 1 fully saturated rings. The van der Waals surface area contributed by atoms with Gasteiger partial charge < -0.3 is 10.2 Å². The molecule has 1 aliphatic heterocycles. The zero-order chi connectivity index (χ0) is 18.4. The standard InChI is InChI=1S/C22H26N2O2/c1-2-19(17-10-5-3-6-11-17)20-14-9-15-24(20)21(25)16-23-22(26)18-12-7-4-8-13-18/h3-8,10-13,19-20H,2,9,14-16H2,1H3,(H,23,26)/t19-,20-/m1/s1. The molecule has 0 bridgehead atoms. The van der Waals surface area contributed by atoms with Gasteiger partial charge in [-0.25, -0.2) is 0 Å². The summed E-state index contributed by atoms with van der Waals surface area (Å²) >= 11 is 0. The Balaban J connectivity index is 1.64. The first kappa shape index (κ1) is 18.2. The normalized spacial score (nSPS) is 17.7. The Morgan fingerprint density at radius 1 is 1.08 bits per heavy atom. The maximum absolute atomic E-state index is 12.8. The van der Waals surface area contributed by atoms with Crippen LogP contribution in [0.5, 0.6) is 0 Å². The predicted octanol–water partition coefficient (Wildman–Crippen LogP) is 3.60. The van der Waals surface area contributed by atoms with Gasteiger partial charge in [0, 0.05) is 24.1 Å². The Bertz CT molecular complexity index is 730. The van der Waals surface area contributed by atoms with Gasteiger partial charge in [0.15, 0.2) is 0 Å². The second kappa shape index (κ2) is 8.65. The van der Waals surface area contributed by atoms with E-state index in [9.17, 15) is 9.59 Å². The molecule has 4 heteroatoms. The van der Waals surface area contributed by atoms with Crippen LogP contribution in [0.15, 0.2) is 60.7 Å². The van der Waals surface area contributed by atoms with E-state index in [0.717, 1.165) is 25.8 Å². The average Bonchev–Trinajstić information content (AvgIpc) is 3.17. The molecule has 0 radical (unpaired) electrons. The Morgan fingerprint density at radius 3 is 2.38 bits per heavy atom.